The Bertz CT molecular complexity index is 499. The molecule has 8 nitrogen and oxygen atoms in total. The van der Waals surface area contributed by atoms with Crippen LogP contribution < -0.4 is 10.2 Å². The van der Waals surface area contributed by atoms with Crippen molar-refractivity contribution in [1.82, 2.24) is 14.9 Å². The summed E-state index contributed by atoms with van der Waals surface area (Å²) in [5.74, 6) is 1.32. The van der Waals surface area contributed by atoms with E-state index in [0.29, 0.717) is 11.7 Å². The van der Waals surface area contributed by atoms with E-state index >= 15 is 0 Å². The predicted octanol–water partition coefficient (Wildman–Crippen LogP) is 1.20. The molecular formula is C13H22N6O2. The van der Waals surface area contributed by atoms with Crippen LogP contribution in [0.3, 0.4) is 0 Å². The van der Waals surface area contributed by atoms with Crippen LogP contribution in [0.25, 0.3) is 0 Å². The fourth-order valence-electron chi connectivity index (χ4n) is 2.80. The molecule has 2 heterocycles. The summed E-state index contributed by atoms with van der Waals surface area (Å²) >= 11 is 0. The number of aromatic nitrogens is 2. The molecule has 0 aliphatic carbocycles. The number of piperidine rings is 1. The van der Waals surface area contributed by atoms with Crippen molar-refractivity contribution < 1.29 is 4.92 Å². The number of anilines is 2. The highest BCUT2D eigenvalue weighted by molar-refractivity contribution is 5.70. The predicted molar refractivity (Wildman–Crippen MR) is 81.7 cm³/mol. The van der Waals surface area contributed by atoms with E-state index in [1.807, 2.05) is 4.90 Å². The summed E-state index contributed by atoms with van der Waals surface area (Å²) < 4.78 is 0. The van der Waals surface area contributed by atoms with Gasteiger partial charge in [0.1, 0.15) is 6.33 Å². The molecule has 1 aromatic rings. The summed E-state index contributed by atoms with van der Waals surface area (Å²) in [5, 5.41) is 14.1. The second kappa shape index (κ2) is 6.66. The lowest BCUT2D eigenvalue weighted by molar-refractivity contribution is -0.383. The average molecular weight is 294 g/mol. The summed E-state index contributed by atoms with van der Waals surface area (Å²) in [7, 11) is 5.77. The van der Waals surface area contributed by atoms with Gasteiger partial charge in [-0.25, -0.2) is 9.97 Å². The Morgan fingerprint density at radius 2 is 2.10 bits per heavy atom. The average Bonchev–Trinajstić information content (AvgIpc) is 2.46. The Hall–Kier alpha value is -1.96. The van der Waals surface area contributed by atoms with E-state index < -0.39 is 4.92 Å². The Morgan fingerprint density at radius 1 is 1.43 bits per heavy atom. The largest absolute Gasteiger partial charge is 0.367 e. The van der Waals surface area contributed by atoms with Crippen molar-refractivity contribution in [3.8, 4) is 0 Å². The summed E-state index contributed by atoms with van der Waals surface area (Å²) in [6.45, 7) is 2.64. The van der Waals surface area contributed by atoms with E-state index in [2.05, 4.69) is 34.3 Å². The summed E-state index contributed by atoms with van der Waals surface area (Å²) in [6.07, 6.45) is 3.42. The molecule has 0 aromatic carbocycles. The van der Waals surface area contributed by atoms with Crippen LogP contribution in [-0.2, 0) is 0 Å². The quantitative estimate of drug-likeness (QED) is 0.645. The van der Waals surface area contributed by atoms with E-state index in [9.17, 15) is 10.1 Å². The first kappa shape index (κ1) is 15.4. The van der Waals surface area contributed by atoms with Gasteiger partial charge < -0.3 is 15.1 Å². The molecule has 1 aliphatic heterocycles. The Labute approximate surface area is 124 Å². The van der Waals surface area contributed by atoms with Crippen LogP contribution in [0.15, 0.2) is 6.33 Å². The van der Waals surface area contributed by atoms with Crippen LogP contribution >= 0.6 is 0 Å². The fraction of sp³-hybridized carbons (Fsp3) is 0.692. The topological polar surface area (TPSA) is 87.4 Å². The minimum atomic E-state index is -0.410. The maximum Gasteiger partial charge on any atom is 0.353 e. The molecule has 0 saturated carbocycles. The van der Waals surface area contributed by atoms with Gasteiger partial charge in [0.25, 0.3) is 0 Å². The lowest BCUT2D eigenvalue weighted by atomic mass is 9.96. The zero-order chi connectivity index (χ0) is 15.4. The lowest BCUT2D eigenvalue weighted by Crippen LogP contribution is -2.37. The maximum atomic E-state index is 11.3. The van der Waals surface area contributed by atoms with Gasteiger partial charge in [0.2, 0.25) is 11.6 Å². The minimum Gasteiger partial charge on any atom is -0.367 e. The van der Waals surface area contributed by atoms with Crippen molar-refractivity contribution in [2.45, 2.75) is 12.8 Å². The minimum absolute atomic E-state index is 0.0361. The van der Waals surface area contributed by atoms with Gasteiger partial charge in [0.05, 0.1) is 4.92 Å². The van der Waals surface area contributed by atoms with Crippen molar-refractivity contribution in [2.75, 3.05) is 51.0 Å². The number of nitrogens with zero attached hydrogens (tertiary/aromatic N) is 5. The Morgan fingerprint density at radius 3 is 2.62 bits per heavy atom. The molecule has 0 radical (unpaired) electrons. The van der Waals surface area contributed by atoms with Gasteiger partial charge in [-0.15, -0.1) is 0 Å². The third-order valence-electron chi connectivity index (χ3n) is 3.76. The molecule has 0 spiro atoms. The van der Waals surface area contributed by atoms with Crippen LogP contribution in [0.4, 0.5) is 17.3 Å². The second-order valence-electron chi connectivity index (χ2n) is 5.59. The first-order chi connectivity index (χ1) is 10.0. The normalized spacial score (nSPS) is 16.3. The molecular weight excluding hydrogens is 272 g/mol. The highest BCUT2D eigenvalue weighted by atomic mass is 16.6. The molecule has 0 bridgehead atoms. The molecule has 0 amide bonds. The molecule has 21 heavy (non-hydrogen) atoms. The Balaban J connectivity index is 2.15. The summed E-state index contributed by atoms with van der Waals surface area (Å²) in [6, 6.07) is 0. The van der Waals surface area contributed by atoms with Gasteiger partial charge in [-0.05, 0) is 32.9 Å². The molecule has 0 atom stereocenters. The molecule has 2 rings (SSSR count). The molecule has 116 valence electrons. The lowest BCUT2D eigenvalue weighted by Gasteiger charge is -2.33. The van der Waals surface area contributed by atoms with E-state index in [1.165, 1.54) is 6.33 Å². The monoisotopic (exact) mass is 294 g/mol. The molecule has 1 fully saturated rings. The SMILES string of the molecule is CNc1ncnc(N2CCC(CN(C)C)CC2)c1[N+](=O)[O-]. The maximum absolute atomic E-state index is 11.3. The van der Waals surface area contributed by atoms with Crippen molar-refractivity contribution in [3.63, 3.8) is 0 Å². The van der Waals surface area contributed by atoms with Crippen molar-refractivity contribution in [3.05, 3.63) is 16.4 Å². The van der Waals surface area contributed by atoms with Gasteiger partial charge in [-0.3, -0.25) is 10.1 Å². The van der Waals surface area contributed by atoms with Gasteiger partial charge in [-0.1, -0.05) is 0 Å². The van der Waals surface area contributed by atoms with Crippen LogP contribution in [-0.4, -0.2) is 60.6 Å². The van der Waals surface area contributed by atoms with Gasteiger partial charge in [0.15, 0.2) is 0 Å². The first-order valence-corrected chi connectivity index (χ1v) is 7.09. The molecule has 1 aliphatic rings. The van der Waals surface area contributed by atoms with Gasteiger partial charge in [-0.2, -0.15) is 0 Å². The van der Waals surface area contributed by atoms with Gasteiger partial charge >= 0.3 is 5.69 Å². The smallest absolute Gasteiger partial charge is 0.353 e. The second-order valence-corrected chi connectivity index (χ2v) is 5.59. The number of rotatable bonds is 5. The van der Waals surface area contributed by atoms with Crippen LogP contribution in [0.2, 0.25) is 0 Å². The van der Waals surface area contributed by atoms with E-state index in [1.54, 1.807) is 7.05 Å². The van der Waals surface area contributed by atoms with Crippen LogP contribution in [0.1, 0.15) is 12.8 Å². The van der Waals surface area contributed by atoms with Crippen LogP contribution in [0, 0.1) is 16.0 Å². The van der Waals surface area contributed by atoms with E-state index in [0.717, 1.165) is 32.5 Å². The van der Waals surface area contributed by atoms with Gasteiger partial charge in [0, 0.05) is 26.7 Å². The first-order valence-electron chi connectivity index (χ1n) is 7.09. The molecule has 8 heteroatoms. The number of nitro groups is 1. The molecule has 1 N–H and O–H groups in total. The van der Waals surface area contributed by atoms with E-state index in [4.69, 9.17) is 0 Å². The summed E-state index contributed by atoms with van der Waals surface area (Å²) in [4.78, 5) is 23.1. The van der Waals surface area contributed by atoms with Crippen LogP contribution in [0.5, 0.6) is 0 Å². The number of nitrogens with one attached hydrogen (secondary N) is 1. The standard InChI is InChI=1S/C13H22N6O2/c1-14-12-11(19(20)21)13(16-9-15-12)18-6-4-10(5-7-18)8-17(2)3/h9-10H,4-8H2,1-3H3,(H,14,15,16). The van der Waals surface area contributed by atoms with Crippen molar-refractivity contribution in [2.24, 2.45) is 5.92 Å². The molecule has 0 unspecified atom stereocenters. The highest BCUT2D eigenvalue weighted by Crippen LogP contribution is 2.33. The third kappa shape index (κ3) is 3.57. The molecule has 1 aromatic heterocycles. The number of hydrogen-bond donors (Lipinski definition) is 1. The van der Waals surface area contributed by atoms with Crippen molar-refractivity contribution >= 4 is 17.3 Å². The zero-order valence-electron chi connectivity index (χ0n) is 12.7. The molecule has 1 saturated heterocycles. The summed E-state index contributed by atoms with van der Waals surface area (Å²) in [5.41, 5.74) is -0.0361. The fourth-order valence-corrected chi connectivity index (χ4v) is 2.80. The zero-order valence-corrected chi connectivity index (χ0v) is 12.7. The highest BCUT2D eigenvalue weighted by Gasteiger charge is 2.29. The van der Waals surface area contributed by atoms with Crippen molar-refractivity contribution in [1.29, 1.82) is 0 Å². The number of hydrogen-bond acceptors (Lipinski definition) is 7. The van der Waals surface area contributed by atoms with E-state index in [-0.39, 0.29) is 11.5 Å². The third-order valence-corrected chi connectivity index (χ3v) is 3.76. The Kier molecular flexibility index (Phi) is 4.89.